The highest BCUT2D eigenvalue weighted by Crippen LogP contribution is 1.98. The van der Waals surface area contributed by atoms with Crippen LogP contribution in [-0.4, -0.2) is 21.6 Å². The monoisotopic (exact) mass is 193 g/mol. The van der Waals surface area contributed by atoms with Gasteiger partial charge in [0.25, 0.3) is 0 Å². The minimum Gasteiger partial charge on any atom is -0.462 e. The third-order valence-electron chi connectivity index (χ3n) is 1.48. The zero-order valence-corrected chi connectivity index (χ0v) is 8.10. The van der Waals surface area contributed by atoms with Crippen molar-refractivity contribution < 1.29 is 9.53 Å². The maximum absolute atomic E-state index is 11.2. The van der Waals surface area contributed by atoms with E-state index in [-0.39, 0.29) is 24.4 Å². The first-order valence-electron chi connectivity index (χ1n) is 4.24. The molecule has 0 fully saturated rings. The molecule has 0 aliphatic carbocycles. The molecule has 1 heterocycles. The second-order valence-corrected chi connectivity index (χ2v) is 3.03. The Labute approximate surface area is 81.9 Å². The van der Waals surface area contributed by atoms with Crippen LogP contribution in [0.1, 0.15) is 19.7 Å². The molecule has 74 valence electrons. The maximum Gasteiger partial charge on any atom is 0.326 e. The molecular weight excluding hydrogens is 182 g/mol. The van der Waals surface area contributed by atoms with E-state index in [9.17, 15) is 4.79 Å². The number of carbonyl (C=O) groups is 1. The highest BCUT2D eigenvalue weighted by molar-refractivity contribution is 5.69. The average Bonchev–Trinajstić information content (AvgIpc) is 2.50. The van der Waals surface area contributed by atoms with Gasteiger partial charge in [0, 0.05) is 12.4 Å². The van der Waals surface area contributed by atoms with Gasteiger partial charge in [-0.2, -0.15) is 5.26 Å². The van der Waals surface area contributed by atoms with Gasteiger partial charge >= 0.3 is 5.97 Å². The fourth-order valence-corrected chi connectivity index (χ4v) is 0.989. The molecule has 0 aliphatic heterocycles. The predicted molar refractivity (Wildman–Crippen MR) is 48.2 cm³/mol. The molecule has 0 amide bonds. The van der Waals surface area contributed by atoms with Crippen LogP contribution in [-0.2, 0) is 16.1 Å². The first-order valence-corrected chi connectivity index (χ1v) is 4.24. The third kappa shape index (κ3) is 2.59. The topological polar surface area (TPSA) is 67.9 Å². The van der Waals surface area contributed by atoms with E-state index in [2.05, 4.69) is 4.98 Å². The SMILES string of the molecule is CC(C)OC(=O)Cn1ccnc1C#N. The Balaban J connectivity index is 2.61. The van der Waals surface area contributed by atoms with Crippen molar-refractivity contribution in [2.75, 3.05) is 0 Å². The quantitative estimate of drug-likeness (QED) is 0.663. The predicted octanol–water partition coefficient (Wildman–Crippen LogP) is 0.706. The summed E-state index contributed by atoms with van der Waals surface area (Å²) >= 11 is 0. The number of nitrogens with zero attached hydrogens (tertiary/aromatic N) is 3. The number of imidazole rings is 1. The summed E-state index contributed by atoms with van der Waals surface area (Å²) in [6.07, 6.45) is 2.90. The Morgan fingerprint density at radius 3 is 3.07 bits per heavy atom. The number of nitriles is 1. The van der Waals surface area contributed by atoms with Gasteiger partial charge in [-0.05, 0) is 13.8 Å². The van der Waals surface area contributed by atoms with Crippen molar-refractivity contribution in [1.82, 2.24) is 9.55 Å². The lowest BCUT2D eigenvalue weighted by Crippen LogP contribution is -2.17. The van der Waals surface area contributed by atoms with Gasteiger partial charge in [-0.25, -0.2) is 4.98 Å². The van der Waals surface area contributed by atoms with E-state index in [4.69, 9.17) is 10.00 Å². The summed E-state index contributed by atoms with van der Waals surface area (Å²) in [6, 6.07) is 1.88. The molecule has 14 heavy (non-hydrogen) atoms. The van der Waals surface area contributed by atoms with Gasteiger partial charge in [-0.3, -0.25) is 4.79 Å². The summed E-state index contributed by atoms with van der Waals surface area (Å²) in [5.41, 5.74) is 0. The van der Waals surface area contributed by atoms with E-state index >= 15 is 0 Å². The number of aromatic nitrogens is 2. The first kappa shape index (κ1) is 10.3. The average molecular weight is 193 g/mol. The molecule has 0 N–H and O–H groups in total. The van der Waals surface area contributed by atoms with Gasteiger partial charge in [-0.15, -0.1) is 0 Å². The lowest BCUT2D eigenvalue weighted by atomic mass is 10.5. The summed E-state index contributed by atoms with van der Waals surface area (Å²) in [6.45, 7) is 3.58. The smallest absolute Gasteiger partial charge is 0.326 e. The Kier molecular flexibility index (Phi) is 3.24. The van der Waals surface area contributed by atoms with Gasteiger partial charge in [0.2, 0.25) is 5.82 Å². The number of carbonyl (C=O) groups excluding carboxylic acids is 1. The van der Waals surface area contributed by atoms with Gasteiger partial charge < -0.3 is 9.30 Å². The molecule has 1 aromatic heterocycles. The second-order valence-electron chi connectivity index (χ2n) is 3.03. The Bertz CT molecular complexity index is 362. The molecule has 0 bridgehead atoms. The van der Waals surface area contributed by atoms with E-state index in [0.717, 1.165) is 0 Å². The van der Waals surface area contributed by atoms with Crippen LogP contribution in [0, 0.1) is 11.3 Å². The van der Waals surface area contributed by atoms with Crippen LogP contribution in [0.25, 0.3) is 0 Å². The normalized spacial score (nSPS) is 9.86. The second kappa shape index (κ2) is 4.42. The summed E-state index contributed by atoms with van der Waals surface area (Å²) in [5, 5.41) is 8.62. The zero-order valence-electron chi connectivity index (χ0n) is 8.10. The lowest BCUT2D eigenvalue weighted by molar-refractivity contribution is -0.148. The van der Waals surface area contributed by atoms with Crippen LogP contribution in [0.2, 0.25) is 0 Å². The van der Waals surface area contributed by atoms with Crippen LogP contribution in [0.15, 0.2) is 12.4 Å². The summed E-state index contributed by atoms with van der Waals surface area (Å²) in [7, 11) is 0. The number of hydrogen-bond donors (Lipinski definition) is 0. The van der Waals surface area contributed by atoms with Crippen molar-refractivity contribution in [2.45, 2.75) is 26.5 Å². The van der Waals surface area contributed by atoms with Crippen molar-refractivity contribution >= 4 is 5.97 Å². The van der Waals surface area contributed by atoms with Crippen molar-refractivity contribution in [3.8, 4) is 6.07 Å². The Morgan fingerprint density at radius 1 is 1.79 bits per heavy atom. The molecule has 0 spiro atoms. The molecule has 0 aliphatic rings. The number of rotatable bonds is 3. The van der Waals surface area contributed by atoms with Crippen molar-refractivity contribution in [2.24, 2.45) is 0 Å². The Hall–Kier alpha value is -1.83. The Morgan fingerprint density at radius 2 is 2.50 bits per heavy atom. The van der Waals surface area contributed by atoms with Crippen molar-refractivity contribution in [3.63, 3.8) is 0 Å². The van der Waals surface area contributed by atoms with Crippen molar-refractivity contribution in [1.29, 1.82) is 5.26 Å². The van der Waals surface area contributed by atoms with E-state index in [1.54, 1.807) is 20.0 Å². The molecule has 0 saturated heterocycles. The van der Waals surface area contributed by atoms with Crippen LogP contribution >= 0.6 is 0 Å². The van der Waals surface area contributed by atoms with Gasteiger partial charge in [0.05, 0.1) is 6.10 Å². The molecular formula is C9H11N3O2. The van der Waals surface area contributed by atoms with Crippen LogP contribution in [0.3, 0.4) is 0 Å². The molecule has 5 heteroatoms. The summed E-state index contributed by atoms with van der Waals surface area (Å²) in [4.78, 5) is 15.0. The van der Waals surface area contributed by atoms with Gasteiger partial charge in [-0.1, -0.05) is 0 Å². The highest BCUT2D eigenvalue weighted by Gasteiger charge is 2.09. The van der Waals surface area contributed by atoms with E-state index in [0.29, 0.717) is 0 Å². The van der Waals surface area contributed by atoms with Gasteiger partial charge in [0.15, 0.2) is 0 Å². The molecule has 0 saturated carbocycles. The number of esters is 1. The molecule has 0 aromatic carbocycles. The molecule has 0 radical (unpaired) electrons. The first-order chi connectivity index (χ1) is 6.63. The van der Waals surface area contributed by atoms with Gasteiger partial charge in [0.1, 0.15) is 12.6 Å². The fourth-order valence-electron chi connectivity index (χ4n) is 0.989. The van der Waals surface area contributed by atoms with Crippen molar-refractivity contribution in [3.05, 3.63) is 18.2 Å². The molecule has 0 unspecified atom stereocenters. The zero-order chi connectivity index (χ0) is 10.6. The standard InChI is InChI=1S/C9H11N3O2/c1-7(2)14-9(13)6-12-4-3-11-8(12)5-10/h3-4,7H,6H2,1-2H3. The fraction of sp³-hybridized carbons (Fsp3) is 0.444. The minimum atomic E-state index is -0.366. The summed E-state index contributed by atoms with van der Waals surface area (Å²) in [5.74, 6) is -0.153. The largest absolute Gasteiger partial charge is 0.462 e. The van der Waals surface area contributed by atoms with E-state index in [1.807, 2.05) is 6.07 Å². The lowest BCUT2D eigenvalue weighted by Gasteiger charge is -2.08. The van der Waals surface area contributed by atoms with E-state index < -0.39 is 0 Å². The molecule has 0 atom stereocenters. The highest BCUT2D eigenvalue weighted by atomic mass is 16.5. The maximum atomic E-state index is 11.2. The van der Waals surface area contributed by atoms with E-state index in [1.165, 1.54) is 10.8 Å². The minimum absolute atomic E-state index is 0.0288. The summed E-state index contributed by atoms with van der Waals surface area (Å²) < 4.78 is 6.38. The molecule has 5 nitrogen and oxygen atoms in total. The van der Waals surface area contributed by atoms with Crippen LogP contribution in [0.5, 0.6) is 0 Å². The molecule has 1 aromatic rings. The third-order valence-corrected chi connectivity index (χ3v) is 1.48. The van der Waals surface area contributed by atoms with Crippen LogP contribution in [0.4, 0.5) is 0 Å². The number of hydrogen-bond acceptors (Lipinski definition) is 4. The van der Waals surface area contributed by atoms with Crippen LogP contribution < -0.4 is 0 Å². The molecule has 1 rings (SSSR count). The number of ether oxygens (including phenoxy) is 1.